The lowest BCUT2D eigenvalue weighted by molar-refractivity contribution is 0.0367. The highest BCUT2D eigenvalue weighted by molar-refractivity contribution is 8.05. The molecule has 0 radical (unpaired) electrons. The van der Waals surface area contributed by atoms with Gasteiger partial charge in [-0.15, -0.1) is 0 Å². The van der Waals surface area contributed by atoms with Gasteiger partial charge >= 0.3 is 0 Å². The SMILES string of the molecule is [C-]#[N+]CC(CN1CCOCC1)Nc1ccc2c(c1)Sc1cccc(-c3cc(N4CCOCC4)cc(=O)[nH]3)c1S2. The summed E-state index contributed by atoms with van der Waals surface area (Å²) in [7, 11) is 0. The Bertz CT molecular complexity index is 1430. The number of morpholine rings is 2. The van der Waals surface area contributed by atoms with Crippen molar-refractivity contribution < 1.29 is 9.47 Å². The molecule has 0 amide bonds. The largest absolute Gasteiger partial charge is 0.379 e. The number of pyridine rings is 1. The molecule has 0 aliphatic carbocycles. The maximum Gasteiger partial charge on any atom is 0.250 e. The number of ether oxygens (including phenoxy) is 2. The minimum Gasteiger partial charge on any atom is -0.379 e. The second kappa shape index (κ2) is 12.1. The van der Waals surface area contributed by atoms with E-state index in [2.05, 4.69) is 67.4 Å². The van der Waals surface area contributed by atoms with Gasteiger partial charge in [0.1, 0.15) is 6.04 Å². The monoisotopic (exact) mass is 561 g/mol. The Labute approximate surface area is 236 Å². The van der Waals surface area contributed by atoms with Crippen molar-refractivity contribution in [3.63, 3.8) is 0 Å². The molecule has 1 aromatic heterocycles. The van der Waals surface area contributed by atoms with Crippen LogP contribution in [0.3, 0.4) is 0 Å². The number of nitrogens with zero attached hydrogens (tertiary/aromatic N) is 3. The molecule has 1 unspecified atom stereocenters. The lowest BCUT2D eigenvalue weighted by Gasteiger charge is -2.29. The molecule has 2 N–H and O–H groups in total. The Morgan fingerprint density at radius 2 is 1.74 bits per heavy atom. The number of nitrogens with one attached hydrogen (secondary N) is 2. The number of benzene rings is 2. The summed E-state index contributed by atoms with van der Waals surface area (Å²) in [5.74, 6) is 0. The minimum atomic E-state index is -0.0952. The summed E-state index contributed by atoms with van der Waals surface area (Å²) in [4.78, 5) is 28.7. The number of aromatic amines is 1. The van der Waals surface area contributed by atoms with Crippen LogP contribution in [0.5, 0.6) is 0 Å². The van der Waals surface area contributed by atoms with E-state index in [-0.39, 0.29) is 11.6 Å². The van der Waals surface area contributed by atoms with Crippen LogP contribution < -0.4 is 15.8 Å². The molecule has 8 nitrogen and oxygen atoms in total. The van der Waals surface area contributed by atoms with Crippen LogP contribution in [0.15, 0.2) is 72.9 Å². The smallest absolute Gasteiger partial charge is 0.250 e. The molecule has 4 heterocycles. The standard InChI is InChI=1S/C29H31N5O3S2/c1-30-18-21(19-33-7-11-36-12-8-33)31-20-5-6-25-27(15-20)38-26-4-2-3-23(29(26)39-25)24-16-22(17-28(35)32-24)34-9-13-37-14-10-34/h2-6,15-17,21,31H,7-14,18-19H2,(H,32,35). The Hall–Kier alpha value is -2.94. The highest BCUT2D eigenvalue weighted by atomic mass is 32.2. The molecule has 3 aliphatic heterocycles. The van der Waals surface area contributed by atoms with E-state index < -0.39 is 0 Å². The van der Waals surface area contributed by atoms with Crippen LogP contribution in [-0.2, 0) is 9.47 Å². The van der Waals surface area contributed by atoms with Crippen molar-refractivity contribution in [2.75, 3.05) is 75.9 Å². The van der Waals surface area contributed by atoms with E-state index in [0.717, 1.165) is 73.5 Å². The van der Waals surface area contributed by atoms with E-state index in [0.29, 0.717) is 19.8 Å². The van der Waals surface area contributed by atoms with Gasteiger partial charge < -0.3 is 29.5 Å². The van der Waals surface area contributed by atoms with Gasteiger partial charge in [-0.05, 0) is 30.3 Å². The van der Waals surface area contributed by atoms with Crippen LogP contribution in [0.4, 0.5) is 11.4 Å². The fourth-order valence-electron chi connectivity index (χ4n) is 5.17. The number of H-pyrrole nitrogens is 1. The summed E-state index contributed by atoms with van der Waals surface area (Å²) in [5.41, 5.74) is 3.74. The Morgan fingerprint density at radius 3 is 2.54 bits per heavy atom. The van der Waals surface area contributed by atoms with Crippen LogP contribution in [0, 0.1) is 6.57 Å². The average Bonchev–Trinajstić information content (AvgIpc) is 2.96. The van der Waals surface area contributed by atoms with Gasteiger partial charge in [0, 0.05) is 75.3 Å². The van der Waals surface area contributed by atoms with Crippen LogP contribution in [0.25, 0.3) is 16.1 Å². The maximum atomic E-state index is 12.6. The van der Waals surface area contributed by atoms with Crippen molar-refractivity contribution in [3.05, 3.63) is 70.3 Å². The molecule has 6 rings (SSSR count). The van der Waals surface area contributed by atoms with Crippen LogP contribution >= 0.6 is 23.5 Å². The zero-order valence-electron chi connectivity index (χ0n) is 21.7. The first-order valence-electron chi connectivity index (χ1n) is 13.3. The van der Waals surface area contributed by atoms with E-state index in [1.165, 1.54) is 14.7 Å². The predicted molar refractivity (Wildman–Crippen MR) is 156 cm³/mol. The van der Waals surface area contributed by atoms with E-state index in [9.17, 15) is 4.79 Å². The molecule has 0 spiro atoms. The summed E-state index contributed by atoms with van der Waals surface area (Å²) in [5, 5.41) is 3.61. The molecule has 202 valence electrons. The zero-order chi connectivity index (χ0) is 26.6. The van der Waals surface area contributed by atoms with Crippen molar-refractivity contribution >= 4 is 34.9 Å². The number of fused-ring (bicyclic) bond motifs is 2. The van der Waals surface area contributed by atoms with Crippen molar-refractivity contribution in [1.29, 1.82) is 0 Å². The minimum absolute atomic E-state index is 0.0642. The van der Waals surface area contributed by atoms with Gasteiger partial charge in [0.25, 0.3) is 0 Å². The molecule has 39 heavy (non-hydrogen) atoms. The number of hydrogen-bond acceptors (Lipinski definition) is 8. The van der Waals surface area contributed by atoms with Gasteiger partial charge in [0.15, 0.2) is 0 Å². The molecule has 1 atom stereocenters. The van der Waals surface area contributed by atoms with Gasteiger partial charge in [0.2, 0.25) is 12.1 Å². The van der Waals surface area contributed by atoms with Crippen molar-refractivity contribution in [2.24, 2.45) is 0 Å². The topological polar surface area (TPSA) is 74.2 Å². The van der Waals surface area contributed by atoms with Gasteiger partial charge in [0.05, 0.1) is 32.1 Å². The average molecular weight is 562 g/mol. The lowest BCUT2D eigenvalue weighted by atomic mass is 10.1. The molecular formula is C29H31N5O3S2. The Kier molecular flexibility index (Phi) is 8.13. The summed E-state index contributed by atoms with van der Waals surface area (Å²) >= 11 is 3.49. The molecule has 2 fully saturated rings. The van der Waals surface area contributed by atoms with E-state index >= 15 is 0 Å². The van der Waals surface area contributed by atoms with Crippen LogP contribution in [0.1, 0.15) is 0 Å². The molecule has 3 aliphatic rings. The number of hydrogen-bond donors (Lipinski definition) is 2. The first-order valence-corrected chi connectivity index (χ1v) is 14.9. The second-order valence-corrected chi connectivity index (χ2v) is 11.9. The maximum absolute atomic E-state index is 12.6. The Balaban J connectivity index is 1.23. The third-order valence-corrected chi connectivity index (χ3v) is 9.71. The molecule has 2 aromatic carbocycles. The lowest BCUT2D eigenvalue weighted by Crippen LogP contribution is -2.44. The highest BCUT2D eigenvalue weighted by Gasteiger charge is 2.24. The summed E-state index contributed by atoms with van der Waals surface area (Å²) in [6.45, 7) is 14.9. The third-order valence-electron chi connectivity index (χ3n) is 7.11. The van der Waals surface area contributed by atoms with Gasteiger partial charge in [-0.25, -0.2) is 6.57 Å². The first-order chi connectivity index (χ1) is 19.2. The predicted octanol–water partition coefficient (Wildman–Crippen LogP) is 4.53. The molecule has 3 aromatic rings. The number of anilines is 2. The van der Waals surface area contributed by atoms with Gasteiger partial charge in [-0.1, -0.05) is 35.7 Å². The molecule has 10 heteroatoms. The second-order valence-electron chi connectivity index (χ2n) is 9.81. The quantitative estimate of drug-likeness (QED) is 0.319. The van der Waals surface area contributed by atoms with Gasteiger partial charge in [-0.2, -0.15) is 0 Å². The molecular weight excluding hydrogens is 530 g/mol. The van der Waals surface area contributed by atoms with Crippen LogP contribution in [-0.4, -0.2) is 81.6 Å². The van der Waals surface area contributed by atoms with E-state index in [4.69, 9.17) is 16.0 Å². The van der Waals surface area contributed by atoms with Crippen molar-refractivity contribution in [2.45, 2.75) is 25.6 Å². The molecule has 2 saturated heterocycles. The first kappa shape index (κ1) is 26.3. The fourth-order valence-corrected chi connectivity index (χ4v) is 7.59. The molecule has 0 bridgehead atoms. The highest BCUT2D eigenvalue weighted by Crippen LogP contribution is 2.52. The van der Waals surface area contributed by atoms with Gasteiger partial charge in [-0.3, -0.25) is 9.69 Å². The molecule has 0 saturated carbocycles. The summed E-state index contributed by atoms with van der Waals surface area (Å²) in [6, 6.07) is 16.6. The van der Waals surface area contributed by atoms with Crippen LogP contribution in [0.2, 0.25) is 0 Å². The summed E-state index contributed by atoms with van der Waals surface area (Å²) in [6.07, 6.45) is 0. The van der Waals surface area contributed by atoms with Crippen molar-refractivity contribution in [3.8, 4) is 11.3 Å². The Morgan fingerprint density at radius 1 is 0.949 bits per heavy atom. The zero-order valence-corrected chi connectivity index (χ0v) is 23.3. The van der Waals surface area contributed by atoms with Crippen molar-refractivity contribution in [1.82, 2.24) is 9.88 Å². The fraction of sp³-hybridized carbons (Fsp3) is 0.379. The number of rotatable bonds is 7. The summed E-state index contributed by atoms with van der Waals surface area (Å²) < 4.78 is 11.0. The third kappa shape index (κ3) is 6.13. The normalized spacial score (nSPS) is 18.1. The number of aromatic nitrogens is 1. The van der Waals surface area contributed by atoms with E-state index in [1.807, 2.05) is 0 Å². The van der Waals surface area contributed by atoms with E-state index in [1.54, 1.807) is 29.6 Å².